The van der Waals surface area contributed by atoms with Crippen molar-refractivity contribution in [2.75, 3.05) is 6.61 Å². The van der Waals surface area contributed by atoms with Gasteiger partial charge >= 0.3 is 5.97 Å². The van der Waals surface area contributed by atoms with Gasteiger partial charge in [-0.15, -0.1) is 0 Å². The summed E-state index contributed by atoms with van der Waals surface area (Å²) in [6.07, 6.45) is 25.1. The van der Waals surface area contributed by atoms with Gasteiger partial charge in [-0.2, -0.15) is 15.3 Å². The van der Waals surface area contributed by atoms with E-state index in [0.29, 0.717) is 89.5 Å². The molecule has 0 saturated heterocycles. The maximum atomic E-state index is 13.5. The van der Waals surface area contributed by atoms with Gasteiger partial charge in [-0.1, -0.05) is 90.4 Å². The Bertz CT molecular complexity index is 3860. The van der Waals surface area contributed by atoms with Gasteiger partial charge in [0.15, 0.2) is 17.1 Å². The molecule has 0 spiro atoms. The molecule has 11 aliphatic carbocycles. The fraction of sp³-hybridized carbons (Fsp3) is 0.569. The lowest BCUT2D eigenvalue weighted by molar-refractivity contribution is -0.150. The van der Waals surface area contributed by atoms with E-state index in [4.69, 9.17) is 89.6 Å². The molecule has 5 unspecified atom stereocenters. The zero-order chi connectivity index (χ0) is 64.1. The van der Waals surface area contributed by atoms with E-state index in [1.807, 2.05) is 46.6 Å². The van der Waals surface area contributed by atoms with Crippen molar-refractivity contribution in [1.29, 1.82) is 0 Å². The highest BCUT2D eigenvalue weighted by atomic mass is 35.5. The molecule has 14 nitrogen and oxygen atoms in total. The van der Waals surface area contributed by atoms with E-state index in [0.717, 1.165) is 159 Å². The van der Waals surface area contributed by atoms with Crippen LogP contribution in [0.25, 0.3) is 17.1 Å². The first-order valence-electron chi connectivity index (χ1n) is 34.0. The topological polar surface area (TPSA) is 167 Å². The summed E-state index contributed by atoms with van der Waals surface area (Å²) in [7, 11) is 0. The van der Waals surface area contributed by atoms with Crippen molar-refractivity contribution in [1.82, 2.24) is 45.3 Å². The van der Waals surface area contributed by atoms with Crippen LogP contribution in [0.15, 0.2) is 54.6 Å². The number of esters is 1. The van der Waals surface area contributed by atoms with Crippen LogP contribution in [0.1, 0.15) is 202 Å². The molecule has 3 aromatic heterocycles. The van der Waals surface area contributed by atoms with Crippen molar-refractivity contribution in [3.8, 4) is 17.1 Å². The number of ether oxygens (including phenoxy) is 1. The zero-order valence-corrected chi connectivity index (χ0v) is 57.5. The van der Waals surface area contributed by atoms with E-state index in [9.17, 15) is 19.2 Å². The number of hydrogen-bond donors (Lipinski definition) is 3. The van der Waals surface area contributed by atoms with Crippen molar-refractivity contribution in [2.24, 2.45) is 58.2 Å². The SMILES string of the molecule is CC12CCC(C1)C(C)(C)C2NC(=O)c1nn(-c2ccc(Cl)cc2Cl)c2c1CCCC2.CCOC(=O)[C@H]1C2CCC(C2)[C@H]1NC(=O)c1nn(-c2ccc(Cl)cc2Cl)c2c1CCCC2.O=C(NC1C2CC3CC(C2)CC1C3)c1nn(-c2ccc(Cl)cc2Cl)c2c1CCCC2. The van der Waals surface area contributed by atoms with Crippen molar-refractivity contribution in [3.05, 3.63) is 136 Å². The van der Waals surface area contributed by atoms with Crippen LogP contribution in [-0.4, -0.2) is 77.8 Å². The number of benzene rings is 3. The van der Waals surface area contributed by atoms with Crippen LogP contribution in [-0.2, 0) is 48.1 Å². The molecule has 7 atom stereocenters. The number of carbonyl (C=O) groups is 4. The number of amides is 3. The van der Waals surface area contributed by atoms with Gasteiger partial charge < -0.3 is 20.7 Å². The summed E-state index contributed by atoms with van der Waals surface area (Å²) in [5, 5.41) is 27.8. The summed E-state index contributed by atoms with van der Waals surface area (Å²) < 4.78 is 10.9. The van der Waals surface area contributed by atoms with Gasteiger partial charge in [-0.25, -0.2) is 14.0 Å². The van der Waals surface area contributed by atoms with E-state index < -0.39 is 0 Å². The number of rotatable bonds is 11. The number of nitrogens with one attached hydrogen (secondary N) is 3. The zero-order valence-electron chi connectivity index (χ0n) is 53.0. The second-order valence-electron chi connectivity index (χ2n) is 29.3. The summed E-state index contributed by atoms with van der Waals surface area (Å²) in [5.41, 5.74) is 10.6. The Morgan fingerprint density at radius 3 is 1.34 bits per heavy atom. The van der Waals surface area contributed by atoms with Crippen molar-refractivity contribution < 1.29 is 23.9 Å². The Labute approximate surface area is 569 Å². The molecule has 3 aromatic carbocycles. The maximum absolute atomic E-state index is 13.5. The smallest absolute Gasteiger partial charge is 0.311 e. The van der Waals surface area contributed by atoms with Crippen LogP contribution < -0.4 is 16.0 Å². The van der Waals surface area contributed by atoms with Crippen LogP contribution in [0.3, 0.4) is 0 Å². The molecule has 8 fully saturated rings. The molecule has 6 aromatic rings. The quantitative estimate of drug-likeness (QED) is 0.108. The molecule has 3 N–H and O–H groups in total. The van der Waals surface area contributed by atoms with E-state index in [1.54, 1.807) is 28.9 Å². The first-order chi connectivity index (χ1) is 44.2. The number of halogens is 6. The highest BCUT2D eigenvalue weighted by Crippen LogP contribution is 2.62. The molecule has 0 aliphatic heterocycles. The van der Waals surface area contributed by atoms with Crippen LogP contribution >= 0.6 is 69.6 Å². The molecule has 0 radical (unpaired) electrons. The monoisotopic (exact) mass is 1360 g/mol. The van der Waals surface area contributed by atoms with E-state index in [1.165, 1.54) is 51.4 Å². The highest BCUT2D eigenvalue weighted by molar-refractivity contribution is 6.37. The minimum Gasteiger partial charge on any atom is -0.466 e. The fourth-order valence-corrected chi connectivity index (χ4v) is 20.9. The second kappa shape index (κ2) is 25.8. The van der Waals surface area contributed by atoms with Crippen LogP contribution in [0, 0.1) is 58.2 Å². The Balaban J connectivity index is 0.000000120. The van der Waals surface area contributed by atoms with Gasteiger partial charge in [0.2, 0.25) is 0 Å². The number of carbonyl (C=O) groups excluding carboxylic acids is 4. The van der Waals surface area contributed by atoms with Crippen molar-refractivity contribution >= 4 is 93.3 Å². The number of nitrogens with zero attached hydrogens (tertiary/aromatic N) is 6. The van der Waals surface area contributed by atoms with Crippen molar-refractivity contribution in [2.45, 2.75) is 193 Å². The molecule has 8 saturated carbocycles. The Morgan fingerprint density at radius 2 is 0.924 bits per heavy atom. The van der Waals surface area contributed by atoms with Gasteiger partial charge in [0.1, 0.15) is 0 Å². The molecule has 3 amide bonds. The third-order valence-corrected chi connectivity index (χ3v) is 25.1. The van der Waals surface area contributed by atoms with E-state index in [2.05, 4.69) is 36.7 Å². The molecule has 488 valence electrons. The molecule has 11 aliphatic rings. The molecule has 17 rings (SSSR count). The van der Waals surface area contributed by atoms with E-state index in [-0.39, 0.29) is 52.5 Å². The molecule has 8 bridgehead atoms. The highest BCUT2D eigenvalue weighted by Gasteiger charge is 2.60. The van der Waals surface area contributed by atoms with Gasteiger partial charge in [0, 0.05) is 67.0 Å². The average molecular weight is 1370 g/mol. The minimum absolute atomic E-state index is 0.00876. The molecule has 20 heteroatoms. The molecular formula is C72H83Cl6N9O5. The van der Waals surface area contributed by atoms with E-state index >= 15 is 0 Å². The Hall–Kier alpha value is -5.09. The lowest BCUT2D eigenvalue weighted by Crippen LogP contribution is -2.56. The minimum atomic E-state index is -0.263. The van der Waals surface area contributed by atoms with Crippen LogP contribution in [0.4, 0.5) is 0 Å². The predicted molar refractivity (Wildman–Crippen MR) is 362 cm³/mol. The molecular weight excluding hydrogens is 1280 g/mol. The van der Waals surface area contributed by atoms with Gasteiger partial charge in [0.05, 0.1) is 44.7 Å². The number of aromatic nitrogens is 6. The molecule has 92 heavy (non-hydrogen) atoms. The van der Waals surface area contributed by atoms with Gasteiger partial charge in [0.25, 0.3) is 17.7 Å². The maximum Gasteiger partial charge on any atom is 0.311 e. The summed E-state index contributed by atoms with van der Waals surface area (Å²) in [4.78, 5) is 53.1. The standard InChI is InChI=1S/C24H27Cl2N3O3.C24H27Cl2N3O.C24H29Cl2N3O/c1-2-32-24(31)20-13-7-8-14(11-13)21(20)27-23(30)22-16-5-3-4-6-18(16)29(28-22)19-10-9-15(25)12-17(19)26;25-17-5-6-21(19(26)12-17)29-20-4-2-1-3-18(20)23(28-29)24(30)27-22-15-8-13-7-14(10-15)11-16(22)9-13;1-23(2)14-10-11-24(3,13-14)22(23)27-21(30)20-16-6-4-5-7-18(16)29(28-20)19-9-8-15(25)12-17(19)26/h9-10,12-14,20-21H,2-8,11H2,1H3,(H,27,30);5-6,12-16,22H,1-4,7-11H2,(H,27,30);8-9,12,14,22H,4-7,10-11,13H2,1-3H3,(H,27,30)/t13?,14?,20-,21+;;/m0../s1. The summed E-state index contributed by atoms with van der Waals surface area (Å²) >= 11 is 37.7. The summed E-state index contributed by atoms with van der Waals surface area (Å²) in [6.45, 7) is 9.14. The van der Waals surface area contributed by atoms with Gasteiger partial charge in [-0.05, 0) is 261 Å². The van der Waals surface area contributed by atoms with Crippen LogP contribution in [0.2, 0.25) is 30.1 Å². The normalized spacial score (nSPS) is 28.9. The number of fused-ring (bicyclic) bond motifs is 7. The summed E-state index contributed by atoms with van der Waals surface area (Å²) in [5.74, 6) is 3.74. The van der Waals surface area contributed by atoms with Gasteiger partial charge in [-0.3, -0.25) is 19.2 Å². The number of hydrogen-bond acceptors (Lipinski definition) is 8. The Kier molecular flexibility index (Phi) is 18.0. The second-order valence-corrected chi connectivity index (χ2v) is 31.9. The lowest BCUT2D eigenvalue weighted by Gasteiger charge is -2.54. The largest absolute Gasteiger partial charge is 0.466 e. The summed E-state index contributed by atoms with van der Waals surface area (Å²) in [6, 6.07) is 16.5. The fourth-order valence-electron chi connectivity index (χ4n) is 19.4. The lowest BCUT2D eigenvalue weighted by atomic mass is 9.54. The van der Waals surface area contributed by atoms with Crippen molar-refractivity contribution in [3.63, 3.8) is 0 Å². The van der Waals surface area contributed by atoms with Crippen LogP contribution in [0.5, 0.6) is 0 Å². The first kappa shape index (κ1) is 64.3. The third-order valence-electron chi connectivity index (χ3n) is 23.4. The molecule has 3 heterocycles. The Morgan fingerprint density at radius 1 is 0.511 bits per heavy atom. The third kappa shape index (κ3) is 11.9. The average Bonchev–Trinajstić information content (AvgIpc) is 1.47. The first-order valence-corrected chi connectivity index (χ1v) is 36.3. The predicted octanol–water partition coefficient (Wildman–Crippen LogP) is 16.4.